The molecule has 188 valence electrons. The number of hydrogen-bond donors (Lipinski definition) is 3. The third kappa shape index (κ3) is 8.56. The van der Waals surface area contributed by atoms with Crippen LogP contribution in [-0.4, -0.2) is 72.8 Å². The van der Waals surface area contributed by atoms with Gasteiger partial charge in [0.1, 0.15) is 0 Å². The number of hydrogen-bond acceptors (Lipinski definition) is 5. The number of amidine groups is 1. The molecule has 0 radical (unpaired) electrons. The molecule has 3 rings (SSSR count). The van der Waals surface area contributed by atoms with Crippen LogP contribution in [0.3, 0.4) is 0 Å². The fourth-order valence-electron chi connectivity index (χ4n) is 3.64. The Morgan fingerprint density at radius 3 is 2.62 bits per heavy atom. The molecule has 1 aliphatic carbocycles. The molecule has 2 atom stereocenters. The van der Waals surface area contributed by atoms with Crippen LogP contribution < -0.4 is 16.4 Å². The molecule has 8 heteroatoms. The van der Waals surface area contributed by atoms with Gasteiger partial charge in [0.05, 0.1) is 18.3 Å². The average molecular weight is 486 g/mol. The molecule has 0 aromatic carbocycles. The monoisotopic (exact) mass is 485 g/mol. The lowest BCUT2D eigenvalue weighted by Gasteiger charge is -2.23. The summed E-state index contributed by atoms with van der Waals surface area (Å²) in [6.07, 6.45) is 12.7. The molecule has 4 N–H and O–H groups in total. The lowest BCUT2D eigenvalue weighted by atomic mass is 9.90. The van der Waals surface area contributed by atoms with E-state index in [2.05, 4.69) is 79.0 Å². The molecule has 0 amide bonds. The van der Waals surface area contributed by atoms with Crippen LogP contribution in [0.15, 0.2) is 62.2 Å². The Balaban J connectivity index is 0.00000199. The Labute approximate surface area is 210 Å². The molecule has 7 nitrogen and oxygen atoms in total. The highest BCUT2D eigenvalue weighted by atomic mass is 32.2. The van der Waals surface area contributed by atoms with Crippen LogP contribution in [0.5, 0.6) is 0 Å². The van der Waals surface area contributed by atoms with E-state index in [-0.39, 0.29) is 18.1 Å². The zero-order chi connectivity index (χ0) is 25.1. The molecule has 3 aliphatic rings. The van der Waals surface area contributed by atoms with Gasteiger partial charge in [0.2, 0.25) is 5.96 Å². The summed E-state index contributed by atoms with van der Waals surface area (Å²) < 4.78 is 0. The van der Waals surface area contributed by atoms with Crippen molar-refractivity contribution >= 4 is 28.6 Å². The molecular formula is C26H43N7S. The van der Waals surface area contributed by atoms with Crippen LogP contribution >= 0.6 is 11.8 Å². The van der Waals surface area contributed by atoms with Gasteiger partial charge in [0.15, 0.2) is 5.17 Å². The normalized spacial score (nSPS) is 23.8. The van der Waals surface area contributed by atoms with Crippen molar-refractivity contribution < 1.29 is 0 Å². The molecule has 2 aliphatic heterocycles. The van der Waals surface area contributed by atoms with Gasteiger partial charge in [-0.2, -0.15) is 0 Å². The average Bonchev–Trinajstić information content (AvgIpc) is 3.03. The Morgan fingerprint density at radius 1 is 1.24 bits per heavy atom. The minimum Gasteiger partial charge on any atom is -0.344 e. The molecule has 0 aromatic rings. The summed E-state index contributed by atoms with van der Waals surface area (Å²) >= 11 is 1.73. The van der Waals surface area contributed by atoms with Crippen LogP contribution in [0.4, 0.5) is 0 Å². The summed E-state index contributed by atoms with van der Waals surface area (Å²) in [5.41, 5.74) is 10.9. The summed E-state index contributed by atoms with van der Waals surface area (Å²) in [5, 5.41) is 7.87. The number of thioether (sulfide) groups is 1. The first kappa shape index (κ1) is 28.1. The van der Waals surface area contributed by atoms with Crippen molar-refractivity contribution in [1.82, 2.24) is 15.5 Å². The predicted molar refractivity (Wildman–Crippen MR) is 151 cm³/mol. The highest BCUT2D eigenvalue weighted by Gasteiger charge is 2.23. The van der Waals surface area contributed by atoms with Gasteiger partial charge in [-0.15, -0.1) is 0 Å². The maximum atomic E-state index is 6.27. The molecule has 0 spiro atoms. The van der Waals surface area contributed by atoms with Crippen molar-refractivity contribution in [2.75, 3.05) is 32.9 Å². The number of guanidine groups is 1. The molecule has 0 saturated heterocycles. The first-order valence-electron chi connectivity index (χ1n) is 12.4. The molecular weight excluding hydrogens is 442 g/mol. The van der Waals surface area contributed by atoms with Gasteiger partial charge < -0.3 is 21.3 Å². The summed E-state index contributed by atoms with van der Waals surface area (Å²) in [6.45, 7) is 11.8. The zero-order valence-corrected chi connectivity index (χ0v) is 22.7. The first-order valence-corrected chi connectivity index (χ1v) is 13.4. The Hall–Kier alpha value is -2.16. The van der Waals surface area contributed by atoms with Crippen molar-refractivity contribution in [3.8, 4) is 0 Å². The number of aliphatic imine (C=N–C) groups is 3. The molecule has 2 unspecified atom stereocenters. The second-order valence-corrected chi connectivity index (χ2v) is 9.79. The topological polar surface area (TPSA) is 90.4 Å². The van der Waals surface area contributed by atoms with Gasteiger partial charge in [-0.25, -0.2) is 9.98 Å². The van der Waals surface area contributed by atoms with Crippen LogP contribution in [0.25, 0.3) is 0 Å². The molecule has 0 bridgehead atoms. The van der Waals surface area contributed by atoms with Gasteiger partial charge in [0, 0.05) is 30.6 Å². The first-order chi connectivity index (χ1) is 16.3. The SMILES string of the molecule is CC.CC(C)N=C1NC=C(C2C=CC(C3=C(C(C)N)C=CCC3)=NC(=NCCN(C)C)N2)CS1. The van der Waals surface area contributed by atoms with Crippen LogP contribution in [0, 0.1) is 0 Å². The number of nitrogens with one attached hydrogen (secondary N) is 2. The molecule has 0 fully saturated rings. The fourth-order valence-corrected chi connectivity index (χ4v) is 4.64. The van der Waals surface area contributed by atoms with E-state index >= 15 is 0 Å². The second-order valence-electron chi connectivity index (χ2n) is 8.83. The van der Waals surface area contributed by atoms with E-state index in [1.165, 1.54) is 11.1 Å². The van der Waals surface area contributed by atoms with E-state index in [1.807, 2.05) is 20.8 Å². The molecule has 34 heavy (non-hydrogen) atoms. The van der Waals surface area contributed by atoms with Gasteiger partial charge >= 0.3 is 0 Å². The number of nitrogens with zero attached hydrogens (tertiary/aromatic N) is 4. The van der Waals surface area contributed by atoms with Crippen LogP contribution in [0.2, 0.25) is 0 Å². The van der Waals surface area contributed by atoms with Crippen LogP contribution in [0.1, 0.15) is 47.5 Å². The summed E-state index contributed by atoms with van der Waals surface area (Å²) in [5.74, 6) is 1.55. The predicted octanol–water partition coefficient (Wildman–Crippen LogP) is 3.88. The maximum Gasteiger partial charge on any atom is 0.219 e. The molecule has 0 saturated carbocycles. The van der Waals surface area contributed by atoms with Gasteiger partial charge in [0.25, 0.3) is 0 Å². The van der Waals surface area contributed by atoms with Crippen molar-refractivity contribution in [2.24, 2.45) is 20.7 Å². The lowest BCUT2D eigenvalue weighted by Crippen LogP contribution is -2.37. The largest absolute Gasteiger partial charge is 0.344 e. The van der Waals surface area contributed by atoms with Crippen molar-refractivity contribution in [1.29, 1.82) is 0 Å². The van der Waals surface area contributed by atoms with E-state index in [0.717, 1.165) is 41.6 Å². The van der Waals surface area contributed by atoms with E-state index in [1.54, 1.807) is 11.8 Å². The molecule has 2 heterocycles. The van der Waals surface area contributed by atoms with Gasteiger partial charge in [-0.1, -0.05) is 43.8 Å². The highest BCUT2D eigenvalue weighted by molar-refractivity contribution is 8.14. The number of likely N-dealkylation sites (N-methyl/N-ethyl adjacent to an activating group) is 1. The summed E-state index contributed by atoms with van der Waals surface area (Å²) in [6, 6.07) is 0.270. The summed E-state index contributed by atoms with van der Waals surface area (Å²) in [4.78, 5) is 16.5. The van der Waals surface area contributed by atoms with E-state index in [9.17, 15) is 0 Å². The van der Waals surface area contributed by atoms with Crippen molar-refractivity contribution in [2.45, 2.75) is 65.6 Å². The van der Waals surface area contributed by atoms with E-state index in [4.69, 9.17) is 15.7 Å². The Morgan fingerprint density at radius 2 is 2.00 bits per heavy atom. The third-order valence-corrected chi connectivity index (χ3v) is 6.28. The second kappa shape index (κ2) is 14.3. The number of nitrogens with two attached hydrogens (primary N) is 1. The zero-order valence-electron chi connectivity index (χ0n) is 21.9. The third-order valence-electron chi connectivity index (χ3n) is 5.30. The number of rotatable bonds is 7. The van der Waals surface area contributed by atoms with Crippen molar-refractivity contribution in [3.05, 3.63) is 47.2 Å². The minimum absolute atomic E-state index is 0.0217. The smallest absolute Gasteiger partial charge is 0.219 e. The highest BCUT2D eigenvalue weighted by Crippen LogP contribution is 2.25. The maximum absolute atomic E-state index is 6.27. The van der Waals surface area contributed by atoms with Gasteiger partial charge in [-0.3, -0.25) is 4.99 Å². The quantitative estimate of drug-likeness (QED) is 0.509. The Bertz CT molecular complexity index is 889. The molecule has 0 aromatic heterocycles. The van der Waals surface area contributed by atoms with E-state index in [0.29, 0.717) is 12.5 Å². The van der Waals surface area contributed by atoms with E-state index < -0.39 is 0 Å². The lowest BCUT2D eigenvalue weighted by molar-refractivity contribution is 0.420. The van der Waals surface area contributed by atoms with Crippen LogP contribution in [-0.2, 0) is 0 Å². The van der Waals surface area contributed by atoms with Gasteiger partial charge in [-0.05, 0) is 70.5 Å². The summed E-state index contributed by atoms with van der Waals surface area (Å²) in [7, 11) is 4.11. The van der Waals surface area contributed by atoms with Crippen molar-refractivity contribution in [3.63, 3.8) is 0 Å². The number of allylic oxidation sites excluding steroid dienone is 3. The minimum atomic E-state index is -0.0286. The Kier molecular flexibility index (Phi) is 11.8. The fraction of sp³-hybridized carbons (Fsp3) is 0.577. The standard InChI is InChI=1S/C24H37N7S.C2H6/c1-16(2)28-24-27-14-18(15-32-24)21-10-11-22(20-9-7-6-8-19(20)17(3)25)30-23(29-21)26-12-13-31(4)5;1-2/h6,8,10-11,14,16-17,21H,7,9,12-13,15,25H2,1-5H3,(H,26,29)(H,27,28);1-2H3.